The number of carbonyl (C=O) groups excluding carboxylic acids is 1. The fourth-order valence-electron chi connectivity index (χ4n) is 3.98. The number of morpholine rings is 1. The summed E-state index contributed by atoms with van der Waals surface area (Å²) >= 11 is 0. The summed E-state index contributed by atoms with van der Waals surface area (Å²) in [6, 6.07) is 4.39. The average Bonchev–Trinajstić information content (AvgIpc) is 2.78. The Morgan fingerprint density at radius 3 is 2.69 bits per heavy atom. The number of carbonyl (C=O) groups is 1. The van der Waals surface area contributed by atoms with E-state index in [0.29, 0.717) is 19.4 Å². The van der Waals surface area contributed by atoms with E-state index < -0.39 is 45.6 Å². The minimum atomic E-state index is -4.11. The molecule has 0 aromatic heterocycles. The van der Waals surface area contributed by atoms with Crippen molar-refractivity contribution in [2.45, 2.75) is 48.8 Å². The van der Waals surface area contributed by atoms with Crippen LogP contribution in [0.3, 0.4) is 0 Å². The van der Waals surface area contributed by atoms with E-state index in [1.165, 1.54) is 18.2 Å². The van der Waals surface area contributed by atoms with Crippen molar-refractivity contribution < 1.29 is 32.2 Å². The van der Waals surface area contributed by atoms with Crippen LogP contribution < -0.4 is 10.0 Å². The lowest BCUT2D eigenvalue weighted by atomic mass is 9.98. The molecule has 0 radical (unpaired) electrons. The third-order valence-corrected chi connectivity index (χ3v) is 7.24. The van der Waals surface area contributed by atoms with Crippen LogP contribution in [0, 0.1) is 5.82 Å². The van der Waals surface area contributed by atoms with Crippen LogP contribution in [0.5, 0.6) is 0 Å². The highest BCUT2D eigenvalue weighted by atomic mass is 32.2. The first-order chi connectivity index (χ1) is 15.4. The SMILES string of the molecule is O=C(C[C@H]1CC[C@@H](NS(=O)(=O)c2ccccc2F)[C@@H](CO)O1)NCCCN1CCOCC1. The fourth-order valence-corrected chi connectivity index (χ4v) is 5.35. The Hall–Kier alpha value is -1.63. The van der Waals surface area contributed by atoms with Crippen LogP contribution >= 0.6 is 0 Å². The maximum atomic E-state index is 13.9. The molecule has 0 aliphatic carbocycles. The molecular formula is C21H32FN3O6S. The van der Waals surface area contributed by atoms with Crippen LogP contribution in [0.15, 0.2) is 29.2 Å². The molecule has 2 aliphatic heterocycles. The molecule has 2 heterocycles. The average molecular weight is 474 g/mol. The van der Waals surface area contributed by atoms with E-state index in [4.69, 9.17) is 9.47 Å². The van der Waals surface area contributed by atoms with Gasteiger partial charge in [-0.2, -0.15) is 0 Å². The zero-order chi connectivity index (χ0) is 23.0. The molecule has 2 aliphatic rings. The number of hydrogen-bond donors (Lipinski definition) is 3. The highest BCUT2D eigenvalue weighted by Crippen LogP contribution is 2.24. The minimum absolute atomic E-state index is 0.140. The van der Waals surface area contributed by atoms with Crippen molar-refractivity contribution in [3.05, 3.63) is 30.1 Å². The van der Waals surface area contributed by atoms with Crippen LogP contribution in [-0.4, -0.2) is 88.6 Å². The molecular weight excluding hydrogens is 441 g/mol. The highest BCUT2D eigenvalue weighted by Gasteiger charge is 2.35. The number of halogens is 1. The van der Waals surface area contributed by atoms with E-state index in [1.807, 2.05) is 0 Å². The van der Waals surface area contributed by atoms with Gasteiger partial charge in [-0.1, -0.05) is 12.1 Å². The molecule has 11 heteroatoms. The molecule has 32 heavy (non-hydrogen) atoms. The van der Waals surface area contributed by atoms with Crippen LogP contribution in [0.2, 0.25) is 0 Å². The summed E-state index contributed by atoms with van der Waals surface area (Å²) in [6.07, 6.45) is 0.567. The first kappa shape index (κ1) is 25.0. The first-order valence-corrected chi connectivity index (χ1v) is 12.5. The van der Waals surface area contributed by atoms with Gasteiger partial charge in [-0.15, -0.1) is 0 Å². The number of sulfonamides is 1. The first-order valence-electron chi connectivity index (χ1n) is 11.0. The number of amides is 1. The Labute approximate surface area is 188 Å². The number of hydrogen-bond acceptors (Lipinski definition) is 7. The summed E-state index contributed by atoms with van der Waals surface area (Å²) in [4.78, 5) is 14.1. The second-order valence-corrected chi connectivity index (χ2v) is 9.76. The zero-order valence-corrected chi connectivity index (χ0v) is 18.9. The van der Waals surface area contributed by atoms with E-state index >= 15 is 0 Å². The van der Waals surface area contributed by atoms with E-state index in [2.05, 4.69) is 14.9 Å². The largest absolute Gasteiger partial charge is 0.394 e. The van der Waals surface area contributed by atoms with Crippen molar-refractivity contribution >= 4 is 15.9 Å². The number of aliphatic hydroxyl groups excluding tert-OH is 1. The number of nitrogens with one attached hydrogen (secondary N) is 2. The van der Waals surface area contributed by atoms with Gasteiger partial charge < -0.3 is 19.9 Å². The smallest absolute Gasteiger partial charge is 0.243 e. The zero-order valence-electron chi connectivity index (χ0n) is 18.0. The van der Waals surface area contributed by atoms with Crippen molar-refractivity contribution in [2.24, 2.45) is 0 Å². The predicted molar refractivity (Wildman–Crippen MR) is 115 cm³/mol. The van der Waals surface area contributed by atoms with Gasteiger partial charge in [0.2, 0.25) is 15.9 Å². The Balaban J connectivity index is 1.42. The Morgan fingerprint density at radius 1 is 1.22 bits per heavy atom. The molecule has 1 aromatic carbocycles. The number of benzene rings is 1. The quantitative estimate of drug-likeness (QED) is 0.417. The monoisotopic (exact) mass is 473 g/mol. The molecule has 0 spiro atoms. The van der Waals surface area contributed by atoms with Gasteiger partial charge in [0.15, 0.2) is 0 Å². The number of nitrogens with zero attached hydrogens (tertiary/aromatic N) is 1. The molecule has 9 nitrogen and oxygen atoms in total. The molecule has 2 fully saturated rings. The van der Waals surface area contributed by atoms with Gasteiger partial charge in [0.05, 0.1) is 44.5 Å². The fraction of sp³-hybridized carbons (Fsp3) is 0.667. The molecule has 1 aromatic rings. The van der Waals surface area contributed by atoms with E-state index in [9.17, 15) is 22.7 Å². The van der Waals surface area contributed by atoms with Crippen molar-refractivity contribution in [1.29, 1.82) is 0 Å². The van der Waals surface area contributed by atoms with Crippen molar-refractivity contribution in [3.63, 3.8) is 0 Å². The lowest BCUT2D eigenvalue weighted by Gasteiger charge is -2.35. The molecule has 180 valence electrons. The Morgan fingerprint density at radius 2 is 1.97 bits per heavy atom. The maximum Gasteiger partial charge on any atom is 0.243 e. The number of aliphatic hydroxyl groups is 1. The summed E-state index contributed by atoms with van der Waals surface area (Å²) < 4.78 is 52.5. The normalized spacial score (nSPS) is 24.9. The number of ether oxygens (including phenoxy) is 2. The topological polar surface area (TPSA) is 117 Å². The molecule has 3 rings (SSSR count). The van der Waals surface area contributed by atoms with Crippen LogP contribution in [0.4, 0.5) is 4.39 Å². The van der Waals surface area contributed by atoms with Gasteiger partial charge in [-0.25, -0.2) is 17.5 Å². The van der Waals surface area contributed by atoms with Gasteiger partial charge in [-0.3, -0.25) is 9.69 Å². The highest BCUT2D eigenvalue weighted by molar-refractivity contribution is 7.89. The van der Waals surface area contributed by atoms with Crippen LogP contribution in [0.1, 0.15) is 25.7 Å². The second-order valence-electron chi connectivity index (χ2n) is 8.08. The van der Waals surface area contributed by atoms with E-state index in [-0.39, 0.29) is 12.3 Å². The van der Waals surface area contributed by atoms with Gasteiger partial charge in [-0.05, 0) is 37.9 Å². The Kier molecular flexibility index (Phi) is 9.38. The van der Waals surface area contributed by atoms with Crippen LogP contribution in [0.25, 0.3) is 0 Å². The minimum Gasteiger partial charge on any atom is -0.394 e. The summed E-state index contributed by atoms with van der Waals surface area (Å²) in [7, 11) is -4.11. The molecule has 0 saturated carbocycles. The van der Waals surface area contributed by atoms with Crippen molar-refractivity contribution in [2.75, 3.05) is 46.0 Å². The molecule has 2 saturated heterocycles. The molecule has 3 atom stereocenters. The Bertz CT molecular complexity index is 850. The van der Waals surface area contributed by atoms with Gasteiger partial charge in [0.25, 0.3) is 0 Å². The van der Waals surface area contributed by atoms with E-state index in [1.54, 1.807) is 0 Å². The third kappa shape index (κ3) is 7.19. The van der Waals surface area contributed by atoms with Crippen LogP contribution in [-0.2, 0) is 24.3 Å². The molecule has 3 N–H and O–H groups in total. The summed E-state index contributed by atoms with van der Waals surface area (Å²) in [6.45, 7) is 4.37. The third-order valence-electron chi connectivity index (χ3n) is 5.72. The summed E-state index contributed by atoms with van der Waals surface area (Å²) in [5.41, 5.74) is 0. The second kappa shape index (κ2) is 12.0. The maximum absolute atomic E-state index is 13.9. The predicted octanol–water partition coefficient (Wildman–Crippen LogP) is 0.241. The summed E-state index contributed by atoms with van der Waals surface area (Å²) in [5.74, 6) is -0.987. The van der Waals surface area contributed by atoms with E-state index in [0.717, 1.165) is 45.3 Å². The molecule has 0 bridgehead atoms. The van der Waals surface area contributed by atoms with Gasteiger partial charge in [0, 0.05) is 19.6 Å². The summed E-state index contributed by atoms with van der Waals surface area (Å²) in [5, 5.41) is 12.6. The number of rotatable bonds is 10. The van der Waals surface area contributed by atoms with Gasteiger partial charge in [0.1, 0.15) is 10.7 Å². The lowest BCUT2D eigenvalue weighted by Crippen LogP contribution is -2.51. The lowest BCUT2D eigenvalue weighted by molar-refractivity contribution is -0.130. The van der Waals surface area contributed by atoms with Crippen molar-refractivity contribution in [3.8, 4) is 0 Å². The standard InChI is InChI=1S/C21H32FN3O6S/c22-17-4-1-2-5-20(17)32(28,29)24-18-7-6-16(31-19(18)15-26)14-21(27)23-8-3-9-25-10-12-30-13-11-25/h1-2,4-5,16,18-19,24,26H,3,6-15H2,(H,23,27)/t16-,18-,19-/m1/s1. The molecule has 0 unspecified atom stereocenters. The van der Waals surface area contributed by atoms with Gasteiger partial charge >= 0.3 is 0 Å². The van der Waals surface area contributed by atoms with Crippen molar-refractivity contribution in [1.82, 2.24) is 14.9 Å². The molecule has 1 amide bonds.